The van der Waals surface area contributed by atoms with Crippen LogP contribution in [0.1, 0.15) is 10.4 Å². The predicted octanol–water partition coefficient (Wildman–Crippen LogP) is -0.415. The van der Waals surface area contributed by atoms with E-state index in [-0.39, 0.29) is 51.0 Å². The maximum absolute atomic E-state index is 10.3. The van der Waals surface area contributed by atoms with E-state index in [1.165, 1.54) is 0 Å². The minimum absolute atomic E-state index is 0. The molecule has 0 aliphatic rings. The molecule has 13 heavy (non-hydrogen) atoms. The zero-order valence-corrected chi connectivity index (χ0v) is 5.85. The number of phenolic OH excluding ortho intramolecular Hbond substituents is 3. The van der Waals surface area contributed by atoms with E-state index < -0.39 is 23.2 Å². The molecule has 1 aromatic carbocycles. The molecule has 0 bridgehead atoms. The number of carbonyl (C=O) groups is 1. The number of phenols is 3. The number of carboxylic acids is 1. The monoisotopic (exact) mass is 260 g/mol. The van der Waals surface area contributed by atoms with Crippen molar-refractivity contribution in [2.75, 3.05) is 0 Å². The first-order chi connectivity index (χ1) is 5.52. The Morgan fingerprint density at radius 3 is 1.77 bits per heavy atom. The van der Waals surface area contributed by atoms with E-state index in [1.54, 1.807) is 0 Å². The van der Waals surface area contributed by atoms with Crippen LogP contribution < -0.4 is 0 Å². The molecule has 68 valence electrons. The van der Waals surface area contributed by atoms with Gasteiger partial charge in [-0.25, -0.2) is 4.79 Å². The summed E-state index contributed by atoms with van der Waals surface area (Å²) in [5.74, 6) is -3.33. The van der Waals surface area contributed by atoms with E-state index in [0.29, 0.717) is 0 Å². The summed E-state index contributed by atoms with van der Waals surface area (Å²) < 4.78 is 0. The van der Waals surface area contributed by atoms with Gasteiger partial charge in [-0.05, 0) is 12.1 Å². The van der Waals surface area contributed by atoms with Gasteiger partial charge in [-0.3, -0.25) is 0 Å². The molecule has 5 nitrogen and oxygen atoms in total. The number of benzene rings is 1. The van der Waals surface area contributed by atoms with Crippen molar-refractivity contribution in [3.8, 4) is 17.2 Å². The molecule has 0 amide bonds. The van der Waals surface area contributed by atoms with E-state index in [0.717, 1.165) is 12.1 Å². The van der Waals surface area contributed by atoms with Crippen molar-refractivity contribution >= 4 is 51.5 Å². The molecule has 0 atom stereocenters. The fourth-order valence-electron chi connectivity index (χ4n) is 0.728. The zero-order chi connectivity index (χ0) is 9.30. The number of hydrogen-bond donors (Lipinski definition) is 4. The number of carboxylic acid groups (broad SMARTS) is 1. The van der Waals surface area contributed by atoms with Crippen LogP contribution in [0.25, 0.3) is 0 Å². The van der Waals surface area contributed by atoms with Crippen LogP contribution in [-0.2, 0) is 0 Å². The van der Waals surface area contributed by atoms with E-state index in [4.69, 9.17) is 20.4 Å². The summed E-state index contributed by atoms with van der Waals surface area (Å²) in [6.07, 6.45) is 0. The van der Waals surface area contributed by atoms with Crippen LogP contribution in [0.4, 0.5) is 0 Å². The first-order valence-electron chi connectivity index (χ1n) is 3.00. The molecule has 6 heteroatoms. The summed E-state index contributed by atoms with van der Waals surface area (Å²) in [6.45, 7) is 0. The van der Waals surface area contributed by atoms with Crippen LogP contribution in [0.15, 0.2) is 12.1 Å². The second-order valence-electron chi connectivity index (χ2n) is 2.17. The molecule has 0 spiro atoms. The summed E-state index contributed by atoms with van der Waals surface area (Å²) in [4.78, 5) is 10.3. The maximum atomic E-state index is 10.3. The number of hydrogen-bond acceptors (Lipinski definition) is 4. The van der Waals surface area contributed by atoms with Crippen LogP contribution in [0.3, 0.4) is 0 Å². The van der Waals surface area contributed by atoms with Crippen LogP contribution in [0, 0.1) is 0 Å². The van der Waals surface area contributed by atoms with Gasteiger partial charge in [-0.15, -0.1) is 0 Å². The Bertz CT molecular complexity index is 313. The quantitative estimate of drug-likeness (QED) is 0.406. The fourth-order valence-corrected chi connectivity index (χ4v) is 0.728. The molecule has 0 heterocycles. The molecule has 0 unspecified atom stereocenters. The van der Waals surface area contributed by atoms with E-state index in [9.17, 15) is 4.79 Å². The molecule has 0 aliphatic carbocycles. The molecule has 0 saturated heterocycles. The van der Waals surface area contributed by atoms with Gasteiger partial charge in [-0.1, -0.05) is 0 Å². The Hall–Kier alpha value is -0.429. The molecular weight excluding hydrogens is 252 g/mol. The summed E-state index contributed by atoms with van der Waals surface area (Å²) in [6, 6.07) is 1.69. The topological polar surface area (TPSA) is 98.0 Å². The fraction of sp³-hybridized carbons (Fsp3) is 0. The molecular formula is C7H8O5Sr. The van der Waals surface area contributed by atoms with Crippen molar-refractivity contribution in [1.82, 2.24) is 0 Å². The second-order valence-corrected chi connectivity index (χ2v) is 2.17. The van der Waals surface area contributed by atoms with Crippen molar-refractivity contribution in [3.05, 3.63) is 17.7 Å². The Morgan fingerprint density at radius 1 is 1.08 bits per heavy atom. The van der Waals surface area contributed by atoms with Gasteiger partial charge in [0.1, 0.15) is 0 Å². The normalized spacial score (nSPS) is 8.92. The van der Waals surface area contributed by atoms with Gasteiger partial charge in [-0.2, -0.15) is 0 Å². The summed E-state index contributed by atoms with van der Waals surface area (Å²) in [7, 11) is 0. The van der Waals surface area contributed by atoms with E-state index in [1.807, 2.05) is 0 Å². The van der Waals surface area contributed by atoms with Gasteiger partial charge in [0.05, 0.1) is 5.56 Å². The Labute approximate surface area is 111 Å². The molecule has 1 aromatic rings. The molecule has 0 radical (unpaired) electrons. The molecule has 0 fully saturated rings. The summed E-state index contributed by atoms with van der Waals surface area (Å²) in [5.41, 5.74) is -0.289. The van der Waals surface area contributed by atoms with E-state index >= 15 is 0 Å². The van der Waals surface area contributed by atoms with Crippen molar-refractivity contribution in [2.45, 2.75) is 0 Å². The van der Waals surface area contributed by atoms with Gasteiger partial charge in [0.25, 0.3) is 0 Å². The number of aromatic hydroxyl groups is 3. The first kappa shape index (κ1) is 12.6. The van der Waals surface area contributed by atoms with Crippen molar-refractivity contribution in [1.29, 1.82) is 0 Å². The average molecular weight is 260 g/mol. The van der Waals surface area contributed by atoms with Crippen molar-refractivity contribution < 1.29 is 25.2 Å². The van der Waals surface area contributed by atoms with Gasteiger partial charge < -0.3 is 20.4 Å². The van der Waals surface area contributed by atoms with Gasteiger partial charge >= 0.3 is 51.5 Å². The Balaban J connectivity index is 0.00000144. The first-order valence-corrected chi connectivity index (χ1v) is 3.00. The van der Waals surface area contributed by atoms with Crippen LogP contribution in [0.2, 0.25) is 0 Å². The average Bonchev–Trinajstić information content (AvgIpc) is 1.99. The van der Waals surface area contributed by atoms with Crippen LogP contribution >= 0.6 is 0 Å². The minimum atomic E-state index is -1.29. The second kappa shape index (κ2) is 4.71. The van der Waals surface area contributed by atoms with Gasteiger partial charge in [0.15, 0.2) is 17.2 Å². The Kier molecular flexibility index (Phi) is 4.55. The summed E-state index contributed by atoms with van der Waals surface area (Å²) >= 11 is 0. The Morgan fingerprint density at radius 2 is 1.46 bits per heavy atom. The molecule has 0 aromatic heterocycles. The van der Waals surface area contributed by atoms with Gasteiger partial charge in [0.2, 0.25) is 0 Å². The van der Waals surface area contributed by atoms with Crippen molar-refractivity contribution in [3.63, 3.8) is 0 Å². The van der Waals surface area contributed by atoms with E-state index in [2.05, 4.69) is 0 Å². The third kappa shape index (κ3) is 2.77. The predicted molar refractivity (Wildman–Crippen MR) is 46.9 cm³/mol. The number of rotatable bonds is 1. The zero-order valence-electron chi connectivity index (χ0n) is 5.85. The SMILES string of the molecule is O=C(O)c1cc(O)c(O)c(O)c1.[SrH2]. The molecule has 0 saturated carbocycles. The van der Waals surface area contributed by atoms with Crippen molar-refractivity contribution in [2.24, 2.45) is 0 Å². The molecule has 1 rings (SSSR count). The van der Waals surface area contributed by atoms with Crippen LogP contribution in [-0.4, -0.2) is 71.9 Å². The van der Waals surface area contributed by atoms with Crippen LogP contribution in [0.5, 0.6) is 17.2 Å². The van der Waals surface area contributed by atoms with Gasteiger partial charge in [0, 0.05) is 0 Å². The third-order valence-corrected chi connectivity index (χ3v) is 1.32. The third-order valence-electron chi connectivity index (χ3n) is 1.32. The molecule has 0 aliphatic heterocycles. The molecule has 4 N–H and O–H groups in total. The number of aromatic carboxylic acids is 1. The standard InChI is InChI=1S/C7H6O5.Sr.2H/c8-4-1-3(7(11)12)2-5(9)6(4)10;;;/h1-2,8-10H,(H,11,12);;;. The summed E-state index contributed by atoms with van der Waals surface area (Å²) in [5, 5.41) is 35.0.